The number of allylic oxidation sites excluding steroid dienone is 1. The van der Waals surface area contributed by atoms with Crippen molar-refractivity contribution in [3.63, 3.8) is 0 Å². The third kappa shape index (κ3) is 5.02. The first kappa shape index (κ1) is 31.4. The number of aliphatic hydroxyl groups is 2. The largest absolute Gasteiger partial charge is 0.393 e. The van der Waals surface area contributed by atoms with Crippen LogP contribution >= 0.6 is 11.8 Å². The molecule has 5 aliphatic carbocycles. The number of aryl methyl sites for hydroxylation is 1. The monoisotopic (exact) mass is 629 g/mol. The second-order valence-electron chi connectivity index (χ2n) is 15.3. The summed E-state index contributed by atoms with van der Waals surface area (Å²) in [6.45, 7) is 8.55. The molecule has 0 amide bonds. The van der Waals surface area contributed by atoms with E-state index < -0.39 is 17.1 Å². The molecule has 7 rings (SSSR count). The quantitative estimate of drug-likeness (QED) is 0.251. The Kier molecular flexibility index (Phi) is 8.22. The molecule has 4 saturated carbocycles. The molecule has 0 saturated heterocycles. The molecule has 1 heterocycles. The minimum atomic E-state index is -1.42. The van der Waals surface area contributed by atoms with Crippen molar-refractivity contribution in [1.82, 2.24) is 9.78 Å². The first-order chi connectivity index (χ1) is 21.6. The standard InChI is InChI=1S/C38H51N3O3S/c1-5-25-11-9-10-14-31(25)40-24(2)45-23-34(43)38(44)18-17-30-29-16-15-27-19-32-26(22-39-41(32)28-12-7-6-8-13-28)20-36(27,3)35(29)33(42)21-37(30,38)4/h9-11,14,19,22,28-30,33,35,42,44H,5-8,12-13,15-18,20-21,23H2,1-4H3. The van der Waals surface area contributed by atoms with Crippen LogP contribution in [0.25, 0.3) is 6.08 Å². The van der Waals surface area contributed by atoms with E-state index in [1.807, 2.05) is 25.1 Å². The smallest absolute Gasteiger partial charge is 0.175 e. The number of fused-ring (bicyclic) bond motifs is 6. The second kappa shape index (κ2) is 11.8. The summed E-state index contributed by atoms with van der Waals surface area (Å²) in [6.07, 6.45) is 16.0. The molecule has 0 bridgehead atoms. The molecule has 242 valence electrons. The summed E-state index contributed by atoms with van der Waals surface area (Å²) in [4.78, 5) is 18.7. The Hall–Kier alpha value is -2.22. The zero-order valence-electron chi connectivity index (χ0n) is 27.6. The molecule has 0 spiro atoms. The lowest BCUT2D eigenvalue weighted by molar-refractivity contribution is -0.177. The molecule has 0 radical (unpaired) electrons. The van der Waals surface area contributed by atoms with Gasteiger partial charge in [-0.1, -0.05) is 63.8 Å². The number of carbonyl (C=O) groups is 1. The van der Waals surface area contributed by atoms with Gasteiger partial charge in [-0.3, -0.25) is 9.48 Å². The number of hydrogen-bond donors (Lipinski definition) is 2. The van der Waals surface area contributed by atoms with Gasteiger partial charge >= 0.3 is 0 Å². The fourth-order valence-corrected chi connectivity index (χ4v) is 11.4. The van der Waals surface area contributed by atoms with Crippen molar-refractivity contribution in [2.45, 2.75) is 122 Å². The number of rotatable bonds is 6. The number of hydrogen-bond acceptors (Lipinski definition) is 6. The fourth-order valence-electron chi connectivity index (χ4n) is 10.7. The highest BCUT2D eigenvalue weighted by Gasteiger charge is 2.68. The van der Waals surface area contributed by atoms with E-state index in [0.29, 0.717) is 24.8 Å². The highest BCUT2D eigenvalue weighted by Crippen LogP contribution is 2.67. The number of aromatic nitrogens is 2. The number of aliphatic hydroxyl groups excluding tert-OH is 1. The first-order valence-electron chi connectivity index (χ1n) is 17.6. The summed E-state index contributed by atoms with van der Waals surface area (Å²) >= 11 is 1.43. The number of nitrogens with zero attached hydrogens (tertiary/aromatic N) is 3. The molecule has 1 aromatic carbocycles. The van der Waals surface area contributed by atoms with Gasteiger partial charge in [-0.05, 0) is 111 Å². The lowest BCUT2D eigenvalue weighted by Gasteiger charge is -2.60. The predicted molar refractivity (Wildman–Crippen MR) is 183 cm³/mol. The summed E-state index contributed by atoms with van der Waals surface area (Å²) < 4.78 is 2.32. The maximum Gasteiger partial charge on any atom is 0.175 e. The van der Waals surface area contributed by atoms with E-state index in [2.05, 4.69) is 43.8 Å². The number of carbonyl (C=O) groups excluding carboxylic acids is 1. The van der Waals surface area contributed by atoms with E-state index in [4.69, 9.17) is 10.1 Å². The molecule has 4 fully saturated rings. The van der Waals surface area contributed by atoms with E-state index in [1.165, 1.54) is 66.3 Å². The Morgan fingerprint density at radius 1 is 1.13 bits per heavy atom. The molecule has 7 atom stereocenters. The van der Waals surface area contributed by atoms with Gasteiger partial charge in [0.05, 0.1) is 40.5 Å². The van der Waals surface area contributed by atoms with Gasteiger partial charge in [0.25, 0.3) is 0 Å². The Bertz CT molecular complexity index is 1520. The van der Waals surface area contributed by atoms with Crippen molar-refractivity contribution in [1.29, 1.82) is 0 Å². The predicted octanol–water partition coefficient (Wildman–Crippen LogP) is 7.89. The van der Waals surface area contributed by atoms with E-state index in [0.717, 1.165) is 42.8 Å². The lowest BCUT2D eigenvalue weighted by atomic mass is 9.45. The zero-order valence-corrected chi connectivity index (χ0v) is 28.4. The van der Waals surface area contributed by atoms with Crippen LogP contribution < -0.4 is 0 Å². The molecular formula is C38H51N3O3S. The van der Waals surface area contributed by atoms with Crippen molar-refractivity contribution in [2.24, 2.45) is 33.6 Å². The van der Waals surface area contributed by atoms with Gasteiger partial charge in [-0.15, -0.1) is 11.8 Å². The van der Waals surface area contributed by atoms with E-state index in [1.54, 1.807) is 0 Å². The maximum absolute atomic E-state index is 13.9. The van der Waals surface area contributed by atoms with Gasteiger partial charge in [0.2, 0.25) is 0 Å². The van der Waals surface area contributed by atoms with Gasteiger partial charge in [0.15, 0.2) is 5.78 Å². The van der Waals surface area contributed by atoms with Crippen LogP contribution in [0.1, 0.15) is 115 Å². The molecule has 1 aromatic heterocycles. The number of benzene rings is 1. The topological polar surface area (TPSA) is 87.7 Å². The molecular weight excluding hydrogens is 579 g/mol. The average Bonchev–Trinajstić information content (AvgIpc) is 3.56. The normalized spacial score (nSPS) is 36.5. The Balaban J connectivity index is 1.09. The van der Waals surface area contributed by atoms with Crippen LogP contribution in [-0.4, -0.2) is 48.3 Å². The van der Waals surface area contributed by atoms with Crippen molar-refractivity contribution in [3.8, 4) is 0 Å². The summed E-state index contributed by atoms with van der Waals surface area (Å²) in [6, 6.07) is 8.64. The van der Waals surface area contributed by atoms with E-state index in [9.17, 15) is 15.0 Å². The van der Waals surface area contributed by atoms with Gasteiger partial charge in [-0.2, -0.15) is 5.10 Å². The van der Waals surface area contributed by atoms with Crippen molar-refractivity contribution >= 4 is 34.4 Å². The van der Waals surface area contributed by atoms with Crippen LogP contribution in [0.5, 0.6) is 0 Å². The summed E-state index contributed by atoms with van der Waals surface area (Å²) in [5.41, 5.74) is 4.05. The minimum absolute atomic E-state index is 0.110. The minimum Gasteiger partial charge on any atom is -0.393 e. The van der Waals surface area contributed by atoms with Gasteiger partial charge < -0.3 is 10.2 Å². The highest BCUT2D eigenvalue weighted by atomic mass is 32.2. The lowest BCUT2D eigenvalue weighted by Crippen LogP contribution is -2.62. The number of aliphatic imine (C=N–C) groups is 1. The van der Waals surface area contributed by atoms with Gasteiger partial charge in [0, 0.05) is 5.41 Å². The van der Waals surface area contributed by atoms with Gasteiger partial charge in [-0.25, -0.2) is 4.99 Å². The molecule has 7 heteroatoms. The van der Waals surface area contributed by atoms with Crippen molar-refractivity contribution < 1.29 is 15.0 Å². The Morgan fingerprint density at radius 3 is 2.69 bits per heavy atom. The van der Waals surface area contributed by atoms with E-state index in [-0.39, 0.29) is 28.8 Å². The molecule has 7 unspecified atom stereocenters. The number of Topliss-reactive ketones (excluding diaryl/α,β-unsaturated/α-hetero) is 1. The summed E-state index contributed by atoms with van der Waals surface area (Å²) in [7, 11) is 0. The van der Waals surface area contributed by atoms with Crippen molar-refractivity contribution in [3.05, 3.63) is 52.9 Å². The van der Waals surface area contributed by atoms with E-state index >= 15 is 0 Å². The van der Waals surface area contributed by atoms with Gasteiger partial charge in [0.1, 0.15) is 5.60 Å². The molecule has 5 aliphatic rings. The number of ketones is 1. The van der Waals surface area contributed by atoms with Crippen LogP contribution in [0.4, 0.5) is 5.69 Å². The third-order valence-corrected chi connectivity index (χ3v) is 14.0. The van der Waals surface area contributed by atoms with Crippen LogP contribution in [0.3, 0.4) is 0 Å². The Morgan fingerprint density at radius 2 is 1.91 bits per heavy atom. The maximum atomic E-state index is 13.9. The summed E-state index contributed by atoms with van der Waals surface area (Å²) in [5.74, 6) is 0.730. The molecule has 45 heavy (non-hydrogen) atoms. The molecule has 2 N–H and O–H groups in total. The van der Waals surface area contributed by atoms with Crippen LogP contribution in [0, 0.1) is 28.6 Å². The first-order valence-corrected chi connectivity index (χ1v) is 18.5. The highest BCUT2D eigenvalue weighted by molar-refractivity contribution is 8.14. The number of para-hydroxylation sites is 1. The van der Waals surface area contributed by atoms with Crippen LogP contribution in [-0.2, 0) is 17.6 Å². The molecule has 2 aromatic rings. The Labute approximate surface area is 273 Å². The summed E-state index contributed by atoms with van der Waals surface area (Å²) in [5, 5.41) is 30.0. The molecule has 0 aliphatic heterocycles. The van der Waals surface area contributed by atoms with Crippen molar-refractivity contribution in [2.75, 3.05) is 5.75 Å². The second-order valence-corrected chi connectivity index (χ2v) is 16.5. The molecule has 6 nitrogen and oxygen atoms in total. The average molecular weight is 630 g/mol. The van der Waals surface area contributed by atoms with Crippen LogP contribution in [0.15, 0.2) is 41.0 Å². The fraction of sp³-hybridized carbons (Fsp3) is 0.658. The SMILES string of the molecule is CCc1ccccc1N=C(C)SCC(=O)C1(O)CCC2C3CCC4=Cc5c(cnn5C5CCCCC5)CC4(C)C3C(O)CC21C. The zero-order chi connectivity index (χ0) is 31.6. The van der Waals surface area contributed by atoms with Crippen LogP contribution in [0.2, 0.25) is 0 Å². The third-order valence-electron chi connectivity index (χ3n) is 13.0. The number of thioether (sulfide) groups is 1.